The van der Waals surface area contributed by atoms with Crippen LogP contribution in [0.5, 0.6) is 0 Å². The minimum absolute atomic E-state index is 0.0703. The van der Waals surface area contributed by atoms with Crippen LogP contribution in [-0.2, 0) is 6.42 Å². The molecule has 2 heterocycles. The Morgan fingerprint density at radius 1 is 1.40 bits per heavy atom. The SMILES string of the molecule is NC(CSc1ccccc1Cl)Cc1cn2ccsc2n1. The van der Waals surface area contributed by atoms with Gasteiger partial charge in [-0.05, 0) is 12.1 Å². The largest absolute Gasteiger partial charge is 0.327 e. The van der Waals surface area contributed by atoms with Gasteiger partial charge in [-0.3, -0.25) is 4.40 Å². The van der Waals surface area contributed by atoms with E-state index in [1.165, 1.54) is 0 Å². The summed E-state index contributed by atoms with van der Waals surface area (Å²) in [6.07, 6.45) is 4.85. The number of fused-ring (bicyclic) bond motifs is 1. The molecule has 0 amide bonds. The number of rotatable bonds is 5. The molecular weight excluding hydrogens is 310 g/mol. The zero-order valence-corrected chi connectivity index (χ0v) is 13.1. The van der Waals surface area contributed by atoms with E-state index < -0.39 is 0 Å². The van der Waals surface area contributed by atoms with Crippen molar-refractivity contribution >= 4 is 39.7 Å². The van der Waals surface area contributed by atoms with Crippen molar-refractivity contribution in [1.29, 1.82) is 0 Å². The van der Waals surface area contributed by atoms with Crippen molar-refractivity contribution in [2.75, 3.05) is 5.75 Å². The summed E-state index contributed by atoms with van der Waals surface area (Å²) in [6, 6.07) is 7.92. The first-order valence-electron chi connectivity index (χ1n) is 6.26. The Bertz CT molecular complexity index is 679. The minimum Gasteiger partial charge on any atom is -0.327 e. The Labute approximate surface area is 130 Å². The van der Waals surface area contributed by atoms with Gasteiger partial charge >= 0.3 is 0 Å². The van der Waals surface area contributed by atoms with Crippen LogP contribution in [0.25, 0.3) is 4.96 Å². The molecule has 2 N–H and O–H groups in total. The van der Waals surface area contributed by atoms with Crippen molar-refractivity contribution in [1.82, 2.24) is 9.38 Å². The third-order valence-corrected chi connectivity index (χ3v) is 5.38. The molecule has 3 nitrogen and oxygen atoms in total. The summed E-state index contributed by atoms with van der Waals surface area (Å²) in [5, 5.41) is 2.81. The van der Waals surface area contributed by atoms with Crippen LogP contribution in [0.3, 0.4) is 0 Å². The highest BCUT2D eigenvalue weighted by Crippen LogP contribution is 2.27. The van der Waals surface area contributed by atoms with Crippen LogP contribution in [0.15, 0.2) is 46.9 Å². The van der Waals surface area contributed by atoms with Gasteiger partial charge in [-0.1, -0.05) is 23.7 Å². The van der Waals surface area contributed by atoms with Crippen molar-refractivity contribution in [3.63, 3.8) is 0 Å². The van der Waals surface area contributed by atoms with E-state index in [1.54, 1.807) is 23.1 Å². The maximum atomic E-state index is 6.18. The molecule has 0 bridgehead atoms. The summed E-state index contributed by atoms with van der Waals surface area (Å²) >= 11 is 9.46. The van der Waals surface area contributed by atoms with E-state index >= 15 is 0 Å². The Morgan fingerprint density at radius 2 is 2.25 bits per heavy atom. The van der Waals surface area contributed by atoms with Gasteiger partial charge in [-0.25, -0.2) is 4.98 Å². The molecule has 0 saturated carbocycles. The maximum absolute atomic E-state index is 6.18. The maximum Gasteiger partial charge on any atom is 0.193 e. The Hall–Kier alpha value is -1.01. The lowest BCUT2D eigenvalue weighted by atomic mass is 10.2. The molecule has 0 aliphatic heterocycles. The van der Waals surface area contributed by atoms with Crippen molar-refractivity contribution in [2.24, 2.45) is 5.73 Å². The summed E-state index contributed by atoms with van der Waals surface area (Å²) in [6.45, 7) is 0. The molecule has 0 aliphatic carbocycles. The number of hydrogen-bond donors (Lipinski definition) is 1. The Kier molecular flexibility index (Phi) is 4.31. The van der Waals surface area contributed by atoms with Gasteiger partial charge in [0.15, 0.2) is 4.96 Å². The second-order valence-electron chi connectivity index (χ2n) is 4.53. The summed E-state index contributed by atoms with van der Waals surface area (Å²) in [5.74, 6) is 0.828. The zero-order chi connectivity index (χ0) is 13.9. The zero-order valence-electron chi connectivity index (χ0n) is 10.7. The van der Waals surface area contributed by atoms with Gasteiger partial charge in [0.05, 0.1) is 10.7 Å². The number of thioether (sulfide) groups is 1. The fourth-order valence-electron chi connectivity index (χ4n) is 1.96. The highest BCUT2D eigenvalue weighted by Gasteiger charge is 2.10. The van der Waals surface area contributed by atoms with Crippen molar-refractivity contribution in [2.45, 2.75) is 17.4 Å². The van der Waals surface area contributed by atoms with E-state index in [4.69, 9.17) is 17.3 Å². The standard InChI is InChI=1S/C14H14ClN3S2/c15-12-3-1-2-4-13(12)20-9-10(16)7-11-8-18-5-6-19-14(18)17-11/h1-6,8,10H,7,9,16H2. The molecule has 3 aromatic rings. The second-order valence-corrected chi connectivity index (χ2v) is 6.87. The quantitative estimate of drug-likeness (QED) is 0.728. The van der Waals surface area contributed by atoms with Crippen molar-refractivity contribution in [3.8, 4) is 0 Å². The van der Waals surface area contributed by atoms with Gasteiger partial charge in [-0.2, -0.15) is 0 Å². The number of halogens is 1. The molecule has 1 unspecified atom stereocenters. The molecule has 6 heteroatoms. The van der Waals surface area contributed by atoms with E-state index in [9.17, 15) is 0 Å². The number of thiazole rings is 1. The molecule has 0 saturated heterocycles. The number of hydrogen-bond acceptors (Lipinski definition) is 4. The van der Waals surface area contributed by atoms with Crippen LogP contribution in [0, 0.1) is 0 Å². The number of imidazole rings is 1. The van der Waals surface area contributed by atoms with E-state index in [2.05, 4.69) is 4.98 Å². The van der Waals surface area contributed by atoms with Crippen LogP contribution in [0.2, 0.25) is 5.02 Å². The molecule has 1 atom stereocenters. The second kappa shape index (κ2) is 6.18. The fraction of sp³-hybridized carbons (Fsp3) is 0.214. The Balaban J connectivity index is 1.58. The molecular formula is C14H14ClN3S2. The molecule has 2 aromatic heterocycles. The van der Waals surface area contributed by atoms with E-state index in [-0.39, 0.29) is 6.04 Å². The average Bonchev–Trinajstić information content (AvgIpc) is 2.98. The van der Waals surface area contributed by atoms with Gasteiger partial charge in [-0.15, -0.1) is 23.1 Å². The van der Waals surface area contributed by atoms with E-state index in [0.29, 0.717) is 0 Å². The minimum atomic E-state index is 0.0703. The molecule has 0 fully saturated rings. The molecule has 104 valence electrons. The van der Waals surface area contributed by atoms with Gasteiger partial charge in [0.2, 0.25) is 0 Å². The van der Waals surface area contributed by atoms with Crippen LogP contribution in [-0.4, -0.2) is 21.2 Å². The monoisotopic (exact) mass is 323 g/mol. The first kappa shape index (κ1) is 13.9. The predicted octanol–water partition coefficient (Wildman–Crippen LogP) is 3.71. The lowest BCUT2D eigenvalue weighted by molar-refractivity contribution is 0.736. The third kappa shape index (κ3) is 3.17. The first-order chi connectivity index (χ1) is 9.72. The molecule has 0 aliphatic rings. The summed E-state index contributed by atoms with van der Waals surface area (Å²) in [7, 11) is 0. The lowest BCUT2D eigenvalue weighted by Crippen LogP contribution is -2.25. The van der Waals surface area contributed by atoms with Crippen molar-refractivity contribution < 1.29 is 0 Å². The highest BCUT2D eigenvalue weighted by atomic mass is 35.5. The Morgan fingerprint density at radius 3 is 3.05 bits per heavy atom. The fourth-order valence-corrected chi connectivity index (χ4v) is 3.87. The van der Waals surface area contributed by atoms with Gasteiger partial charge in [0.25, 0.3) is 0 Å². The first-order valence-corrected chi connectivity index (χ1v) is 8.50. The normalized spacial score (nSPS) is 12.9. The topological polar surface area (TPSA) is 43.3 Å². The van der Waals surface area contributed by atoms with Gasteiger partial charge in [0, 0.05) is 40.9 Å². The molecule has 0 radical (unpaired) electrons. The van der Waals surface area contributed by atoms with Crippen LogP contribution < -0.4 is 5.73 Å². The highest BCUT2D eigenvalue weighted by molar-refractivity contribution is 7.99. The smallest absolute Gasteiger partial charge is 0.193 e. The predicted molar refractivity (Wildman–Crippen MR) is 86.9 cm³/mol. The average molecular weight is 324 g/mol. The number of nitrogens with two attached hydrogens (primary N) is 1. The van der Waals surface area contributed by atoms with Crippen LogP contribution in [0.1, 0.15) is 5.69 Å². The number of aromatic nitrogens is 2. The molecule has 1 aromatic carbocycles. The molecule has 3 rings (SSSR count). The summed E-state index contributed by atoms with van der Waals surface area (Å²) in [5.41, 5.74) is 7.23. The van der Waals surface area contributed by atoms with Crippen LogP contribution in [0.4, 0.5) is 0 Å². The van der Waals surface area contributed by atoms with E-state index in [0.717, 1.165) is 32.7 Å². The lowest BCUT2D eigenvalue weighted by Gasteiger charge is -2.10. The van der Waals surface area contributed by atoms with Crippen LogP contribution >= 0.6 is 34.7 Å². The summed E-state index contributed by atoms with van der Waals surface area (Å²) in [4.78, 5) is 6.65. The van der Waals surface area contributed by atoms with Gasteiger partial charge in [0.1, 0.15) is 0 Å². The summed E-state index contributed by atoms with van der Waals surface area (Å²) < 4.78 is 2.04. The van der Waals surface area contributed by atoms with Gasteiger partial charge < -0.3 is 5.73 Å². The van der Waals surface area contributed by atoms with Crippen molar-refractivity contribution in [3.05, 3.63) is 52.8 Å². The number of benzene rings is 1. The third-order valence-electron chi connectivity index (χ3n) is 2.90. The molecule has 20 heavy (non-hydrogen) atoms. The molecule has 0 spiro atoms. The van der Waals surface area contributed by atoms with E-state index in [1.807, 2.05) is 46.4 Å². The number of nitrogens with zero attached hydrogens (tertiary/aromatic N) is 2.